The maximum absolute atomic E-state index is 12.2. The van der Waals surface area contributed by atoms with E-state index in [4.69, 9.17) is 5.73 Å². The molecule has 0 aliphatic heterocycles. The maximum Gasteiger partial charge on any atom is 0.269 e. The summed E-state index contributed by atoms with van der Waals surface area (Å²) in [5, 5.41) is 10.5. The lowest BCUT2D eigenvalue weighted by Crippen LogP contribution is -2.52. The van der Waals surface area contributed by atoms with Crippen LogP contribution in [0.25, 0.3) is 0 Å². The Balaban J connectivity index is 2.38. The van der Waals surface area contributed by atoms with Gasteiger partial charge in [-0.25, -0.2) is 0 Å². The summed E-state index contributed by atoms with van der Waals surface area (Å²) in [5.74, 6) is 1.37. The van der Waals surface area contributed by atoms with Crippen molar-refractivity contribution >= 4 is 35.3 Å². The molecular formula is C21H35N3O3S2. The van der Waals surface area contributed by atoms with E-state index in [2.05, 4.69) is 38.5 Å². The Morgan fingerprint density at radius 2 is 1.69 bits per heavy atom. The molecule has 1 unspecified atom stereocenters. The first-order valence-electron chi connectivity index (χ1n) is 10.1. The highest BCUT2D eigenvalue weighted by atomic mass is 32.2. The number of hydrogen-bond donors (Lipinski definition) is 4. The van der Waals surface area contributed by atoms with Crippen LogP contribution in [0.5, 0.6) is 0 Å². The smallest absolute Gasteiger partial charge is 0.269 e. The van der Waals surface area contributed by atoms with Crippen LogP contribution in [0.1, 0.15) is 57.3 Å². The molecule has 0 saturated carbocycles. The topological polar surface area (TPSA) is 104 Å². The molecule has 2 atom stereocenters. The Labute approximate surface area is 183 Å². The number of hydrogen-bond acceptors (Lipinski definition) is 6. The third-order valence-corrected chi connectivity index (χ3v) is 6.42. The largest absolute Gasteiger partial charge is 0.382 e. The molecule has 1 rings (SSSR count). The van der Waals surface area contributed by atoms with E-state index in [-0.39, 0.29) is 0 Å². The van der Waals surface area contributed by atoms with Crippen molar-refractivity contribution in [3.05, 3.63) is 29.8 Å². The number of hydrazine groups is 1. The number of thioether (sulfide) groups is 2. The second-order valence-corrected chi connectivity index (χ2v) is 10.5. The van der Waals surface area contributed by atoms with Crippen LogP contribution in [0.15, 0.2) is 29.2 Å². The van der Waals surface area contributed by atoms with Crippen LogP contribution >= 0.6 is 23.5 Å². The average molecular weight is 442 g/mol. The molecule has 8 heteroatoms. The lowest BCUT2D eigenvalue weighted by molar-refractivity contribution is -0.131. The Hall–Kier alpha value is -1.22. The molecule has 0 bridgehead atoms. The van der Waals surface area contributed by atoms with Gasteiger partial charge in [0.05, 0.1) is 0 Å². The molecule has 0 aliphatic rings. The number of nitrogens with one attached hydrogen (secondary N) is 2. The summed E-state index contributed by atoms with van der Waals surface area (Å²) >= 11 is 3.48. The van der Waals surface area contributed by atoms with E-state index in [1.807, 2.05) is 12.1 Å². The first kappa shape index (κ1) is 25.8. The molecule has 0 aromatic heterocycles. The van der Waals surface area contributed by atoms with Gasteiger partial charge < -0.3 is 10.8 Å². The summed E-state index contributed by atoms with van der Waals surface area (Å²) in [4.78, 5) is 25.3. The minimum Gasteiger partial charge on any atom is -0.382 e. The van der Waals surface area contributed by atoms with Crippen LogP contribution in [-0.4, -0.2) is 45.8 Å². The molecule has 5 N–H and O–H groups in total. The van der Waals surface area contributed by atoms with E-state index in [9.17, 15) is 14.7 Å². The zero-order valence-electron chi connectivity index (χ0n) is 17.8. The van der Waals surface area contributed by atoms with E-state index in [0.29, 0.717) is 23.2 Å². The number of rotatable bonds is 12. The molecule has 0 saturated heterocycles. The Bertz CT molecular complexity index is 624. The quantitative estimate of drug-likeness (QED) is 0.226. The van der Waals surface area contributed by atoms with Gasteiger partial charge in [0.2, 0.25) is 0 Å². The van der Waals surface area contributed by atoms with Gasteiger partial charge in [-0.2, -0.15) is 11.8 Å². The van der Waals surface area contributed by atoms with Crippen LogP contribution in [0, 0.1) is 5.92 Å². The number of carbonyl (C=O) groups excluding carboxylic acids is 2. The fourth-order valence-corrected chi connectivity index (χ4v) is 4.20. The van der Waals surface area contributed by atoms with Crippen molar-refractivity contribution in [1.82, 2.24) is 10.9 Å². The first-order chi connectivity index (χ1) is 13.7. The van der Waals surface area contributed by atoms with Crippen molar-refractivity contribution in [2.45, 2.75) is 69.2 Å². The highest BCUT2D eigenvalue weighted by molar-refractivity contribution is 7.99. The van der Waals surface area contributed by atoms with Crippen LogP contribution in [0.2, 0.25) is 0 Å². The number of carbonyl (C=O) groups is 2. The van der Waals surface area contributed by atoms with Gasteiger partial charge in [0.1, 0.15) is 6.10 Å². The average Bonchev–Trinajstić information content (AvgIpc) is 2.68. The second kappa shape index (κ2) is 13.9. The van der Waals surface area contributed by atoms with E-state index in [1.165, 1.54) is 6.42 Å². The lowest BCUT2D eigenvalue weighted by atomic mass is 10.1. The molecule has 0 heterocycles. The van der Waals surface area contributed by atoms with Crippen LogP contribution in [0.3, 0.4) is 0 Å². The molecule has 6 nitrogen and oxygen atoms in total. The van der Waals surface area contributed by atoms with Gasteiger partial charge >= 0.3 is 0 Å². The van der Waals surface area contributed by atoms with Crippen LogP contribution < -0.4 is 16.6 Å². The highest BCUT2D eigenvalue weighted by Gasteiger charge is 2.23. The van der Waals surface area contributed by atoms with Crippen LogP contribution in [-0.2, 0) is 4.79 Å². The third-order valence-electron chi connectivity index (χ3n) is 4.19. The SMILES string of the molecule is CC(C)CCCSc1ccc(C(=O)NNC(=O)C(O)[C@H](N)CCSC(C)C)cc1. The third kappa shape index (κ3) is 10.9. The maximum atomic E-state index is 12.2. The molecule has 164 valence electrons. The van der Waals surface area contributed by atoms with Gasteiger partial charge in [0.15, 0.2) is 0 Å². The number of aliphatic hydroxyl groups excluding tert-OH is 1. The van der Waals surface area contributed by atoms with Gasteiger partial charge in [-0.15, -0.1) is 11.8 Å². The molecular weight excluding hydrogens is 406 g/mol. The fraction of sp³-hybridized carbons (Fsp3) is 0.619. The summed E-state index contributed by atoms with van der Waals surface area (Å²) < 4.78 is 0. The molecule has 0 aliphatic carbocycles. The predicted molar refractivity (Wildman–Crippen MR) is 123 cm³/mol. The van der Waals surface area contributed by atoms with Gasteiger partial charge in [-0.1, -0.05) is 34.1 Å². The molecule has 0 radical (unpaired) electrons. The van der Waals surface area contributed by atoms with Crippen LogP contribution in [0.4, 0.5) is 0 Å². The lowest BCUT2D eigenvalue weighted by Gasteiger charge is -2.18. The van der Waals surface area contributed by atoms with E-state index < -0.39 is 24.0 Å². The zero-order valence-corrected chi connectivity index (χ0v) is 19.4. The van der Waals surface area contributed by atoms with Gasteiger partial charge in [-0.3, -0.25) is 20.4 Å². The minimum absolute atomic E-state index is 0.434. The van der Waals surface area contributed by atoms with Crippen molar-refractivity contribution in [3.8, 4) is 0 Å². The number of amides is 2. The standard InChI is InChI=1S/C21H35N3O3S2/c1-14(2)6-5-12-29-17-9-7-16(8-10-17)20(26)23-24-21(27)19(25)18(22)11-13-28-15(3)4/h7-10,14-15,18-19,25H,5-6,11-13,22H2,1-4H3,(H,23,26)(H,24,27)/t18-,19?/m1/s1. The highest BCUT2D eigenvalue weighted by Crippen LogP contribution is 2.20. The summed E-state index contributed by atoms with van der Waals surface area (Å²) in [6.45, 7) is 8.59. The normalized spacial score (nSPS) is 13.4. The Kier molecular flexibility index (Phi) is 12.4. The van der Waals surface area contributed by atoms with E-state index in [1.54, 1.807) is 35.7 Å². The van der Waals surface area contributed by atoms with Crippen molar-refractivity contribution in [2.24, 2.45) is 11.7 Å². The van der Waals surface area contributed by atoms with Crippen molar-refractivity contribution in [1.29, 1.82) is 0 Å². The molecule has 1 aromatic rings. The van der Waals surface area contributed by atoms with Gasteiger partial charge in [-0.05, 0) is 59.8 Å². The molecule has 0 fully saturated rings. The summed E-state index contributed by atoms with van der Waals surface area (Å²) in [6, 6.07) is 6.56. The summed E-state index contributed by atoms with van der Waals surface area (Å²) in [5.41, 5.74) is 10.9. The van der Waals surface area contributed by atoms with Gasteiger partial charge in [0, 0.05) is 16.5 Å². The number of nitrogens with two attached hydrogens (primary N) is 1. The monoisotopic (exact) mass is 441 g/mol. The number of benzene rings is 1. The Morgan fingerprint density at radius 3 is 2.28 bits per heavy atom. The fourth-order valence-electron chi connectivity index (χ4n) is 2.44. The molecule has 29 heavy (non-hydrogen) atoms. The first-order valence-corrected chi connectivity index (χ1v) is 12.1. The van der Waals surface area contributed by atoms with E-state index in [0.717, 1.165) is 22.8 Å². The number of aliphatic hydroxyl groups is 1. The van der Waals surface area contributed by atoms with Crippen molar-refractivity contribution < 1.29 is 14.7 Å². The molecule has 2 amide bonds. The second-order valence-electron chi connectivity index (χ2n) is 7.67. The molecule has 1 aromatic carbocycles. The zero-order chi connectivity index (χ0) is 21.8. The van der Waals surface area contributed by atoms with E-state index >= 15 is 0 Å². The minimum atomic E-state index is -1.37. The van der Waals surface area contributed by atoms with Crippen molar-refractivity contribution in [2.75, 3.05) is 11.5 Å². The van der Waals surface area contributed by atoms with Gasteiger partial charge in [0.25, 0.3) is 11.8 Å². The summed E-state index contributed by atoms with van der Waals surface area (Å²) in [6.07, 6.45) is 1.52. The van der Waals surface area contributed by atoms with Crippen molar-refractivity contribution in [3.63, 3.8) is 0 Å². The summed E-state index contributed by atoms with van der Waals surface area (Å²) in [7, 11) is 0. The Morgan fingerprint density at radius 1 is 1.03 bits per heavy atom. The predicted octanol–water partition coefficient (Wildman–Crippen LogP) is 3.20. The molecule has 0 spiro atoms.